The van der Waals surface area contributed by atoms with Crippen LogP contribution in [-0.4, -0.2) is 64.2 Å². The van der Waals surface area contributed by atoms with Gasteiger partial charge in [-0.1, -0.05) is 0 Å². The number of nitrogens with two attached hydrogens (primary N) is 1. The Hall–Kier alpha value is -0.170. The number of nitrogens with zero attached hydrogens (tertiary/aromatic N) is 1. The van der Waals surface area contributed by atoms with Gasteiger partial charge < -0.3 is 15.4 Å². The van der Waals surface area contributed by atoms with Crippen LogP contribution in [0.5, 0.6) is 0 Å². The highest BCUT2D eigenvalue weighted by Crippen LogP contribution is 2.04. The predicted octanol–water partition coefficient (Wildman–Crippen LogP) is -0.918. The number of rotatable bonds is 5. The largest absolute Gasteiger partial charge is 0.379 e. The van der Waals surface area contributed by atoms with Crippen LogP contribution in [0.1, 0.15) is 6.42 Å². The van der Waals surface area contributed by atoms with Gasteiger partial charge >= 0.3 is 0 Å². The molecule has 1 heterocycles. The van der Waals surface area contributed by atoms with Crippen molar-refractivity contribution < 1.29 is 13.2 Å². The second-order valence-corrected chi connectivity index (χ2v) is 6.05. The second kappa shape index (κ2) is 6.42. The van der Waals surface area contributed by atoms with E-state index in [4.69, 9.17) is 10.5 Å². The second-order valence-electron chi connectivity index (χ2n) is 3.75. The molecule has 90 valence electrons. The van der Waals surface area contributed by atoms with E-state index in [1.54, 1.807) is 0 Å². The molecule has 1 aliphatic heterocycles. The summed E-state index contributed by atoms with van der Waals surface area (Å²) in [5.41, 5.74) is 5.29. The van der Waals surface area contributed by atoms with Crippen molar-refractivity contribution in [3.63, 3.8) is 0 Å². The van der Waals surface area contributed by atoms with Gasteiger partial charge in [0.05, 0.1) is 24.7 Å². The zero-order chi connectivity index (χ0) is 11.1. The third kappa shape index (κ3) is 5.46. The molecule has 0 spiro atoms. The van der Waals surface area contributed by atoms with E-state index in [-0.39, 0.29) is 5.75 Å². The van der Waals surface area contributed by atoms with Gasteiger partial charge in [-0.15, -0.1) is 0 Å². The first kappa shape index (κ1) is 12.9. The SMILES string of the molecule is NCCOCCN1CCCS(=O)(=O)CC1. The highest BCUT2D eigenvalue weighted by molar-refractivity contribution is 7.91. The Morgan fingerprint density at radius 2 is 2.00 bits per heavy atom. The minimum atomic E-state index is -2.79. The monoisotopic (exact) mass is 236 g/mol. The van der Waals surface area contributed by atoms with Crippen molar-refractivity contribution in [1.29, 1.82) is 0 Å². The molecule has 1 saturated heterocycles. The summed E-state index contributed by atoms with van der Waals surface area (Å²) >= 11 is 0. The van der Waals surface area contributed by atoms with Gasteiger partial charge in [0, 0.05) is 19.6 Å². The van der Waals surface area contributed by atoms with Crippen LogP contribution in [0.15, 0.2) is 0 Å². The molecule has 6 heteroatoms. The topological polar surface area (TPSA) is 72.6 Å². The van der Waals surface area contributed by atoms with Gasteiger partial charge in [-0.25, -0.2) is 8.42 Å². The number of hydrogen-bond donors (Lipinski definition) is 1. The summed E-state index contributed by atoms with van der Waals surface area (Å²) in [6.45, 7) is 4.03. The molecule has 1 rings (SSSR count). The number of hydrogen-bond acceptors (Lipinski definition) is 5. The molecule has 0 bridgehead atoms. The Morgan fingerprint density at radius 1 is 1.20 bits per heavy atom. The minimum Gasteiger partial charge on any atom is -0.379 e. The van der Waals surface area contributed by atoms with Crippen LogP contribution in [0.2, 0.25) is 0 Å². The molecule has 0 aromatic rings. The van der Waals surface area contributed by atoms with E-state index in [2.05, 4.69) is 4.90 Å². The van der Waals surface area contributed by atoms with Gasteiger partial charge in [-0.3, -0.25) is 0 Å². The molecule has 0 atom stereocenters. The standard InChI is InChI=1S/C9H20N2O3S/c10-2-6-14-7-4-11-3-1-8-15(12,13)9-5-11/h1-10H2. The highest BCUT2D eigenvalue weighted by atomic mass is 32.2. The summed E-state index contributed by atoms with van der Waals surface area (Å²) in [4.78, 5) is 2.14. The first-order chi connectivity index (χ1) is 7.14. The lowest BCUT2D eigenvalue weighted by Gasteiger charge is -2.18. The number of ether oxygens (including phenoxy) is 1. The van der Waals surface area contributed by atoms with Gasteiger partial charge in [0.2, 0.25) is 0 Å². The van der Waals surface area contributed by atoms with Crippen molar-refractivity contribution >= 4 is 9.84 Å². The van der Waals surface area contributed by atoms with E-state index < -0.39 is 9.84 Å². The predicted molar refractivity (Wildman–Crippen MR) is 59.6 cm³/mol. The van der Waals surface area contributed by atoms with E-state index in [1.165, 1.54) is 0 Å². The summed E-state index contributed by atoms with van der Waals surface area (Å²) < 4.78 is 27.9. The average Bonchev–Trinajstić information content (AvgIpc) is 2.35. The molecule has 1 aliphatic rings. The lowest BCUT2D eigenvalue weighted by Crippen LogP contribution is -2.31. The maximum atomic E-state index is 11.3. The third-order valence-corrected chi connectivity index (χ3v) is 4.18. The summed E-state index contributed by atoms with van der Waals surface area (Å²) in [6, 6.07) is 0. The molecule has 0 aliphatic carbocycles. The van der Waals surface area contributed by atoms with Crippen LogP contribution >= 0.6 is 0 Å². The molecule has 0 aromatic heterocycles. The quantitative estimate of drug-likeness (QED) is 0.625. The van der Waals surface area contributed by atoms with Crippen LogP contribution in [0.4, 0.5) is 0 Å². The Bertz CT molecular complexity index is 267. The summed E-state index contributed by atoms with van der Waals surface area (Å²) in [7, 11) is -2.79. The smallest absolute Gasteiger partial charge is 0.151 e. The Morgan fingerprint density at radius 3 is 2.73 bits per heavy atom. The van der Waals surface area contributed by atoms with E-state index in [0.717, 1.165) is 19.5 Å². The zero-order valence-electron chi connectivity index (χ0n) is 9.02. The summed E-state index contributed by atoms with van der Waals surface area (Å²) in [6.07, 6.45) is 0.735. The van der Waals surface area contributed by atoms with Gasteiger partial charge in [-0.05, 0) is 13.0 Å². The fourth-order valence-electron chi connectivity index (χ4n) is 1.59. The Kier molecular flexibility index (Phi) is 5.52. The lowest BCUT2D eigenvalue weighted by atomic mass is 10.4. The normalized spacial score (nSPS) is 22.5. The maximum absolute atomic E-state index is 11.3. The van der Waals surface area contributed by atoms with Crippen molar-refractivity contribution in [3.05, 3.63) is 0 Å². The first-order valence-corrected chi connectivity index (χ1v) is 7.17. The van der Waals surface area contributed by atoms with E-state index in [1.807, 2.05) is 0 Å². The van der Waals surface area contributed by atoms with Crippen LogP contribution in [0.3, 0.4) is 0 Å². The molecule has 1 fully saturated rings. The van der Waals surface area contributed by atoms with Crippen molar-refractivity contribution in [3.8, 4) is 0 Å². The number of sulfone groups is 1. The highest BCUT2D eigenvalue weighted by Gasteiger charge is 2.18. The summed E-state index contributed by atoms with van der Waals surface area (Å²) in [5.74, 6) is 0.608. The van der Waals surface area contributed by atoms with E-state index in [9.17, 15) is 8.42 Å². The molecule has 5 nitrogen and oxygen atoms in total. The Labute approximate surface area is 91.5 Å². The lowest BCUT2D eigenvalue weighted by molar-refractivity contribution is 0.112. The molecule has 0 saturated carbocycles. The zero-order valence-corrected chi connectivity index (χ0v) is 9.84. The van der Waals surface area contributed by atoms with Crippen molar-refractivity contribution in [2.75, 3.05) is 50.9 Å². The van der Waals surface area contributed by atoms with Crippen molar-refractivity contribution in [1.82, 2.24) is 4.90 Å². The van der Waals surface area contributed by atoms with Crippen LogP contribution < -0.4 is 5.73 Å². The molecule has 0 unspecified atom stereocenters. The molecule has 2 N–H and O–H groups in total. The molecular weight excluding hydrogens is 216 g/mol. The average molecular weight is 236 g/mol. The van der Waals surface area contributed by atoms with Crippen molar-refractivity contribution in [2.45, 2.75) is 6.42 Å². The fourth-order valence-corrected chi connectivity index (χ4v) is 2.90. The van der Waals surface area contributed by atoms with Gasteiger partial charge in [0.1, 0.15) is 0 Å². The maximum Gasteiger partial charge on any atom is 0.151 e. The van der Waals surface area contributed by atoms with E-state index >= 15 is 0 Å². The van der Waals surface area contributed by atoms with E-state index in [0.29, 0.717) is 32.1 Å². The molecule has 0 amide bonds. The van der Waals surface area contributed by atoms with Crippen LogP contribution in [0.25, 0.3) is 0 Å². The minimum absolute atomic E-state index is 0.282. The first-order valence-electron chi connectivity index (χ1n) is 5.34. The van der Waals surface area contributed by atoms with Crippen LogP contribution in [0, 0.1) is 0 Å². The molecular formula is C9H20N2O3S. The summed E-state index contributed by atoms with van der Waals surface area (Å²) in [5, 5.41) is 0. The molecule has 15 heavy (non-hydrogen) atoms. The van der Waals surface area contributed by atoms with Gasteiger partial charge in [0.15, 0.2) is 9.84 Å². The Balaban J connectivity index is 2.20. The third-order valence-electron chi connectivity index (χ3n) is 2.46. The molecule has 0 aromatic carbocycles. The van der Waals surface area contributed by atoms with Gasteiger partial charge in [-0.2, -0.15) is 0 Å². The van der Waals surface area contributed by atoms with Crippen LogP contribution in [-0.2, 0) is 14.6 Å². The van der Waals surface area contributed by atoms with Crippen molar-refractivity contribution in [2.24, 2.45) is 5.73 Å². The van der Waals surface area contributed by atoms with Gasteiger partial charge in [0.25, 0.3) is 0 Å². The fraction of sp³-hybridized carbons (Fsp3) is 1.00. The molecule has 0 radical (unpaired) electrons.